The van der Waals surface area contributed by atoms with E-state index in [-0.39, 0.29) is 22.3 Å². The van der Waals surface area contributed by atoms with Crippen LogP contribution in [0.4, 0.5) is 10.1 Å². The van der Waals surface area contributed by atoms with Gasteiger partial charge in [-0.25, -0.2) is 12.8 Å². The molecule has 0 saturated carbocycles. The van der Waals surface area contributed by atoms with Crippen LogP contribution in [0.25, 0.3) is 0 Å². The van der Waals surface area contributed by atoms with Gasteiger partial charge in [-0.15, -0.1) is 0 Å². The highest BCUT2D eigenvalue weighted by Crippen LogP contribution is 2.20. The van der Waals surface area contributed by atoms with Crippen LogP contribution in [0.5, 0.6) is 0 Å². The third-order valence-corrected chi connectivity index (χ3v) is 5.64. The SMILES string of the molecule is CC(NC(=O)c1cc(S(=O)(=O)Nc2ccccc2F)c[nH]1)c1ccc(Cl)cc1. The molecule has 0 aliphatic heterocycles. The fourth-order valence-corrected chi connectivity index (χ4v) is 3.70. The summed E-state index contributed by atoms with van der Waals surface area (Å²) in [4.78, 5) is 14.9. The first-order valence-corrected chi connectivity index (χ1v) is 10.1. The van der Waals surface area contributed by atoms with Crippen LogP contribution in [0.2, 0.25) is 5.02 Å². The molecule has 28 heavy (non-hydrogen) atoms. The van der Waals surface area contributed by atoms with Crippen LogP contribution in [0.3, 0.4) is 0 Å². The van der Waals surface area contributed by atoms with E-state index in [1.54, 1.807) is 31.2 Å². The van der Waals surface area contributed by atoms with E-state index < -0.39 is 21.7 Å². The molecule has 0 radical (unpaired) electrons. The molecular weight excluding hydrogens is 405 g/mol. The summed E-state index contributed by atoms with van der Waals surface area (Å²) in [6.45, 7) is 1.79. The number of benzene rings is 2. The molecule has 0 aliphatic carbocycles. The van der Waals surface area contributed by atoms with E-state index in [2.05, 4.69) is 15.0 Å². The monoisotopic (exact) mass is 421 g/mol. The molecule has 0 bridgehead atoms. The topological polar surface area (TPSA) is 91.1 Å². The normalized spacial score (nSPS) is 12.4. The fourth-order valence-electron chi connectivity index (χ4n) is 2.52. The predicted octanol–water partition coefficient (Wildman–Crippen LogP) is 4.10. The van der Waals surface area contributed by atoms with Gasteiger partial charge in [0.25, 0.3) is 15.9 Å². The molecule has 1 atom stereocenters. The maximum atomic E-state index is 13.7. The molecule has 3 aromatic rings. The predicted molar refractivity (Wildman–Crippen MR) is 105 cm³/mol. The van der Waals surface area contributed by atoms with Gasteiger partial charge >= 0.3 is 0 Å². The Bertz CT molecular complexity index is 1100. The average molecular weight is 422 g/mol. The van der Waals surface area contributed by atoms with Crippen molar-refractivity contribution in [2.75, 3.05) is 4.72 Å². The van der Waals surface area contributed by atoms with E-state index in [1.807, 2.05) is 0 Å². The Morgan fingerprint density at radius 1 is 1.14 bits per heavy atom. The van der Waals surface area contributed by atoms with Gasteiger partial charge in [-0.1, -0.05) is 35.9 Å². The van der Waals surface area contributed by atoms with E-state index in [4.69, 9.17) is 11.6 Å². The number of para-hydroxylation sites is 1. The van der Waals surface area contributed by atoms with Gasteiger partial charge in [0.1, 0.15) is 16.4 Å². The zero-order valence-electron chi connectivity index (χ0n) is 14.7. The summed E-state index contributed by atoms with van der Waals surface area (Å²) in [5.74, 6) is -1.17. The Morgan fingerprint density at radius 3 is 2.50 bits per heavy atom. The molecule has 0 spiro atoms. The third kappa shape index (κ3) is 4.52. The van der Waals surface area contributed by atoms with Crippen LogP contribution in [-0.4, -0.2) is 19.3 Å². The average Bonchev–Trinajstić information content (AvgIpc) is 3.15. The Hall–Kier alpha value is -2.84. The number of carbonyl (C=O) groups is 1. The van der Waals surface area contributed by atoms with Crippen molar-refractivity contribution in [2.45, 2.75) is 17.9 Å². The lowest BCUT2D eigenvalue weighted by atomic mass is 10.1. The van der Waals surface area contributed by atoms with Gasteiger partial charge in [0.05, 0.1) is 11.7 Å². The zero-order valence-corrected chi connectivity index (χ0v) is 16.3. The Morgan fingerprint density at radius 2 is 1.82 bits per heavy atom. The Kier molecular flexibility index (Phi) is 5.71. The van der Waals surface area contributed by atoms with Crippen LogP contribution in [0.1, 0.15) is 29.0 Å². The van der Waals surface area contributed by atoms with E-state index in [0.29, 0.717) is 5.02 Å². The highest BCUT2D eigenvalue weighted by molar-refractivity contribution is 7.92. The minimum atomic E-state index is -4.05. The molecule has 0 fully saturated rings. The number of nitrogens with one attached hydrogen (secondary N) is 3. The minimum Gasteiger partial charge on any atom is -0.356 e. The largest absolute Gasteiger partial charge is 0.356 e. The van der Waals surface area contributed by atoms with Crippen LogP contribution < -0.4 is 10.0 Å². The molecule has 1 unspecified atom stereocenters. The van der Waals surface area contributed by atoms with Crippen LogP contribution >= 0.6 is 11.6 Å². The molecule has 146 valence electrons. The molecule has 1 heterocycles. The quantitative estimate of drug-likeness (QED) is 0.559. The molecule has 1 aromatic heterocycles. The Balaban J connectivity index is 1.73. The second-order valence-electron chi connectivity index (χ2n) is 6.08. The van der Waals surface area contributed by atoms with Crippen molar-refractivity contribution in [3.8, 4) is 0 Å². The van der Waals surface area contributed by atoms with E-state index in [9.17, 15) is 17.6 Å². The highest BCUT2D eigenvalue weighted by atomic mass is 35.5. The van der Waals surface area contributed by atoms with Gasteiger partial charge in [0.2, 0.25) is 0 Å². The van der Waals surface area contributed by atoms with Crippen LogP contribution in [0.15, 0.2) is 65.7 Å². The maximum Gasteiger partial charge on any atom is 0.268 e. The number of sulfonamides is 1. The van der Waals surface area contributed by atoms with Crippen molar-refractivity contribution >= 4 is 33.2 Å². The van der Waals surface area contributed by atoms with Crippen molar-refractivity contribution in [3.05, 3.63) is 82.9 Å². The van der Waals surface area contributed by atoms with Crippen LogP contribution in [-0.2, 0) is 10.0 Å². The first-order valence-electron chi connectivity index (χ1n) is 8.28. The number of aromatic nitrogens is 1. The first-order chi connectivity index (χ1) is 13.3. The van der Waals surface area contributed by atoms with E-state index >= 15 is 0 Å². The summed E-state index contributed by atoms with van der Waals surface area (Å²) in [5, 5.41) is 3.35. The van der Waals surface area contributed by atoms with Crippen molar-refractivity contribution in [1.29, 1.82) is 0 Å². The van der Waals surface area contributed by atoms with Gasteiger partial charge in [0.15, 0.2) is 0 Å². The molecule has 3 N–H and O–H groups in total. The number of H-pyrrole nitrogens is 1. The molecule has 1 amide bonds. The van der Waals surface area contributed by atoms with Crippen LogP contribution in [0, 0.1) is 5.82 Å². The number of amides is 1. The summed E-state index contributed by atoms with van der Waals surface area (Å²) < 4.78 is 40.7. The number of rotatable bonds is 6. The second kappa shape index (κ2) is 8.04. The standard InChI is InChI=1S/C19H17ClFN3O3S/c1-12(13-6-8-14(20)9-7-13)23-19(25)18-10-15(11-22-18)28(26,27)24-17-5-3-2-4-16(17)21/h2-12,22,24H,1H3,(H,23,25). The van der Waals surface area contributed by atoms with Crippen molar-refractivity contribution in [2.24, 2.45) is 0 Å². The summed E-state index contributed by atoms with van der Waals surface area (Å²) in [6, 6.07) is 13.3. The number of aromatic amines is 1. The summed E-state index contributed by atoms with van der Waals surface area (Å²) in [6.07, 6.45) is 1.17. The molecular formula is C19H17ClFN3O3S. The highest BCUT2D eigenvalue weighted by Gasteiger charge is 2.20. The first kappa shape index (κ1) is 19.9. The second-order valence-corrected chi connectivity index (χ2v) is 8.20. The van der Waals surface area contributed by atoms with E-state index in [1.165, 1.54) is 30.5 Å². The smallest absolute Gasteiger partial charge is 0.268 e. The molecule has 3 rings (SSSR count). The third-order valence-electron chi connectivity index (χ3n) is 4.05. The molecule has 0 aliphatic rings. The number of carbonyl (C=O) groups excluding carboxylic acids is 1. The fraction of sp³-hybridized carbons (Fsp3) is 0.105. The molecule has 6 nitrogen and oxygen atoms in total. The van der Waals surface area contributed by atoms with Gasteiger partial charge in [-0.05, 0) is 42.8 Å². The minimum absolute atomic E-state index is 0.0646. The number of hydrogen-bond donors (Lipinski definition) is 3. The van der Waals surface area contributed by atoms with Gasteiger partial charge < -0.3 is 10.3 Å². The molecule has 9 heteroatoms. The van der Waals surface area contributed by atoms with Crippen molar-refractivity contribution in [1.82, 2.24) is 10.3 Å². The molecule has 2 aromatic carbocycles. The van der Waals surface area contributed by atoms with Crippen molar-refractivity contribution in [3.63, 3.8) is 0 Å². The van der Waals surface area contributed by atoms with Gasteiger partial charge in [-0.3, -0.25) is 9.52 Å². The summed E-state index contributed by atoms with van der Waals surface area (Å²) >= 11 is 5.85. The Labute approximate surface area is 166 Å². The lowest BCUT2D eigenvalue weighted by Crippen LogP contribution is -2.26. The molecule has 0 saturated heterocycles. The number of hydrogen-bond acceptors (Lipinski definition) is 3. The lowest BCUT2D eigenvalue weighted by molar-refractivity contribution is 0.0935. The van der Waals surface area contributed by atoms with Crippen molar-refractivity contribution < 1.29 is 17.6 Å². The summed E-state index contributed by atoms with van der Waals surface area (Å²) in [5.41, 5.74) is 0.735. The number of anilines is 1. The zero-order chi connectivity index (χ0) is 20.3. The van der Waals surface area contributed by atoms with Gasteiger partial charge in [0, 0.05) is 11.2 Å². The number of halogens is 2. The van der Waals surface area contributed by atoms with E-state index in [0.717, 1.165) is 11.6 Å². The summed E-state index contributed by atoms with van der Waals surface area (Å²) in [7, 11) is -4.05. The van der Waals surface area contributed by atoms with Gasteiger partial charge in [-0.2, -0.15) is 0 Å². The maximum absolute atomic E-state index is 13.7. The lowest BCUT2D eigenvalue weighted by Gasteiger charge is -2.13.